The molecule has 2 rings (SSSR count). The topological polar surface area (TPSA) is 41.6 Å². The smallest absolute Gasteiger partial charge is 0.222 e. The maximum atomic E-state index is 12.0. The van der Waals surface area contributed by atoms with Crippen molar-refractivity contribution in [2.75, 3.05) is 32.8 Å². The van der Waals surface area contributed by atoms with E-state index in [9.17, 15) is 4.79 Å². The van der Waals surface area contributed by atoms with Crippen molar-refractivity contribution in [2.24, 2.45) is 5.92 Å². The lowest BCUT2D eigenvalue weighted by atomic mass is 9.84. The SMILES string of the molecule is CCOCCCN1C(=O)CC[C@@H]2CNCC[C@@H]21. The molecule has 2 atom stereocenters. The van der Waals surface area contributed by atoms with Gasteiger partial charge < -0.3 is 15.0 Å². The van der Waals surface area contributed by atoms with Gasteiger partial charge in [-0.1, -0.05) is 0 Å². The number of rotatable bonds is 5. The van der Waals surface area contributed by atoms with Crippen molar-refractivity contribution in [1.29, 1.82) is 0 Å². The van der Waals surface area contributed by atoms with Gasteiger partial charge in [0.2, 0.25) is 5.91 Å². The van der Waals surface area contributed by atoms with Gasteiger partial charge in [-0.3, -0.25) is 4.79 Å². The summed E-state index contributed by atoms with van der Waals surface area (Å²) in [5.41, 5.74) is 0. The number of hydrogen-bond acceptors (Lipinski definition) is 3. The third-order valence-corrected chi connectivity index (χ3v) is 3.91. The van der Waals surface area contributed by atoms with Crippen LogP contribution in [0.3, 0.4) is 0 Å². The summed E-state index contributed by atoms with van der Waals surface area (Å²) in [5.74, 6) is 1.03. The summed E-state index contributed by atoms with van der Waals surface area (Å²) < 4.78 is 5.35. The van der Waals surface area contributed by atoms with Crippen molar-refractivity contribution in [1.82, 2.24) is 10.2 Å². The van der Waals surface area contributed by atoms with Gasteiger partial charge in [-0.05, 0) is 45.2 Å². The highest BCUT2D eigenvalue weighted by atomic mass is 16.5. The van der Waals surface area contributed by atoms with E-state index < -0.39 is 0 Å². The lowest BCUT2D eigenvalue weighted by Gasteiger charge is -2.44. The predicted molar refractivity (Wildman–Crippen MR) is 66.8 cm³/mol. The molecule has 0 unspecified atom stereocenters. The highest BCUT2D eigenvalue weighted by Gasteiger charge is 2.36. The number of nitrogens with one attached hydrogen (secondary N) is 1. The lowest BCUT2D eigenvalue weighted by molar-refractivity contribution is -0.139. The zero-order chi connectivity index (χ0) is 12.1. The summed E-state index contributed by atoms with van der Waals surface area (Å²) >= 11 is 0. The molecule has 0 saturated carbocycles. The molecule has 2 aliphatic rings. The third-order valence-electron chi connectivity index (χ3n) is 3.91. The first-order valence-electron chi connectivity index (χ1n) is 6.91. The second-order valence-electron chi connectivity index (χ2n) is 5.00. The maximum Gasteiger partial charge on any atom is 0.222 e. The molecule has 1 N–H and O–H groups in total. The number of carbonyl (C=O) groups is 1. The van der Waals surface area contributed by atoms with Crippen molar-refractivity contribution >= 4 is 5.91 Å². The van der Waals surface area contributed by atoms with E-state index in [1.54, 1.807) is 0 Å². The van der Waals surface area contributed by atoms with Crippen LogP contribution in [0.1, 0.15) is 32.6 Å². The maximum absolute atomic E-state index is 12.0. The van der Waals surface area contributed by atoms with Gasteiger partial charge in [-0.25, -0.2) is 0 Å². The van der Waals surface area contributed by atoms with Crippen LogP contribution in [0, 0.1) is 5.92 Å². The van der Waals surface area contributed by atoms with Gasteiger partial charge in [-0.15, -0.1) is 0 Å². The largest absolute Gasteiger partial charge is 0.382 e. The van der Waals surface area contributed by atoms with E-state index in [1.165, 1.54) is 0 Å². The van der Waals surface area contributed by atoms with Gasteiger partial charge in [0.05, 0.1) is 0 Å². The van der Waals surface area contributed by atoms with E-state index in [4.69, 9.17) is 4.74 Å². The molecule has 0 aromatic heterocycles. The summed E-state index contributed by atoms with van der Waals surface area (Å²) in [5, 5.41) is 3.43. The fourth-order valence-corrected chi connectivity index (χ4v) is 3.02. The first-order chi connectivity index (χ1) is 8.33. The van der Waals surface area contributed by atoms with Crippen LogP contribution in [0.5, 0.6) is 0 Å². The number of hydrogen-bond donors (Lipinski definition) is 1. The number of likely N-dealkylation sites (tertiary alicyclic amines) is 1. The third kappa shape index (κ3) is 3.19. The molecule has 2 saturated heterocycles. The molecular weight excluding hydrogens is 216 g/mol. The summed E-state index contributed by atoms with van der Waals surface area (Å²) in [6.45, 7) is 6.56. The zero-order valence-corrected chi connectivity index (χ0v) is 10.8. The summed E-state index contributed by atoms with van der Waals surface area (Å²) in [6, 6.07) is 0.485. The van der Waals surface area contributed by atoms with Crippen LogP contribution in [-0.4, -0.2) is 49.7 Å². The molecule has 0 spiro atoms. The highest BCUT2D eigenvalue weighted by molar-refractivity contribution is 5.77. The van der Waals surface area contributed by atoms with E-state index in [2.05, 4.69) is 10.2 Å². The molecule has 17 heavy (non-hydrogen) atoms. The van der Waals surface area contributed by atoms with Crippen LogP contribution in [-0.2, 0) is 9.53 Å². The Bertz CT molecular complexity index is 258. The van der Waals surface area contributed by atoms with Crippen LogP contribution < -0.4 is 5.32 Å². The fourth-order valence-electron chi connectivity index (χ4n) is 3.02. The molecule has 2 aliphatic heterocycles. The first-order valence-corrected chi connectivity index (χ1v) is 6.91. The van der Waals surface area contributed by atoms with Gasteiger partial charge in [0, 0.05) is 32.2 Å². The molecule has 0 bridgehead atoms. The van der Waals surface area contributed by atoms with Gasteiger partial charge in [0.15, 0.2) is 0 Å². The number of ether oxygens (including phenoxy) is 1. The molecule has 2 fully saturated rings. The Labute approximate surface area is 104 Å². The number of carbonyl (C=O) groups excluding carboxylic acids is 1. The van der Waals surface area contributed by atoms with E-state index >= 15 is 0 Å². The van der Waals surface area contributed by atoms with Crippen LogP contribution >= 0.6 is 0 Å². The lowest BCUT2D eigenvalue weighted by Crippen LogP contribution is -2.55. The van der Waals surface area contributed by atoms with Crippen molar-refractivity contribution in [3.05, 3.63) is 0 Å². The Morgan fingerprint density at radius 1 is 1.47 bits per heavy atom. The summed E-state index contributed by atoms with van der Waals surface area (Å²) in [6.07, 6.45) is 3.89. The van der Waals surface area contributed by atoms with Crippen LogP contribution in [0.4, 0.5) is 0 Å². The molecule has 1 amide bonds. The van der Waals surface area contributed by atoms with E-state index in [-0.39, 0.29) is 0 Å². The molecule has 2 heterocycles. The molecule has 0 aromatic rings. The van der Waals surface area contributed by atoms with Crippen LogP contribution in [0.2, 0.25) is 0 Å². The Kier molecular flexibility index (Phi) is 4.80. The molecule has 4 nitrogen and oxygen atoms in total. The minimum atomic E-state index is 0.352. The predicted octanol–water partition coefficient (Wildman–Crippen LogP) is 1.01. The minimum absolute atomic E-state index is 0.352. The monoisotopic (exact) mass is 240 g/mol. The summed E-state index contributed by atoms with van der Waals surface area (Å²) in [7, 11) is 0. The molecule has 0 aliphatic carbocycles. The van der Waals surface area contributed by atoms with Crippen molar-refractivity contribution in [3.8, 4) is 0 Å². The second-order valence-corrected chi connectivity index (χ2v) is 5.00. The van der Waals surface area contributed by atoms with Gasteiger partial charge in [-0.2, -0.15) is 0 Å². The van der Waals surface area contributed by atoms with Gasteiger partial charge in [0.25, 0.3) is 0 Å². The Balaban J connectivity index is 1.85. The van der Waals surface area contributed by atoms with E-state index in [0.29, 0.717) is 17.9 Å². The normalized spacial score (nSPS) is 29.2. The highest BCUT2D eigenvalue weighted by Crippen LogP contribution is 2.28. The first kappa shape index (κ1) is 12.8. The molecular formula is C13H24N2O2. The van der Waals surface area contributed by atoms with Crippen molar-refractivity contribution in [3.63, 3.8) is 0 Å². The Morgan fingerprint density at radius 2 is 2.35 bits per heavy atom. The van der Waals surface area contributed by atoms with E-state index in [0.717, 1.165) is 58.5 Å². The molecule has 0 radical (unpaired) electrons. The van der Waals surface area contributed by atoms with Gasteiger partial charge >= 0.3 is 0 Å². The van der Waals surface area contributed by atoms with Crippen LogP contribution in [0.25, 0.3) is 0 Å². The molecule has 4 heteroatoms. The second kappa shape index (κ2) is 6.36. The van der Waals surface area contributed by atoms with E-state index in [1.807, 2.05) is 6.92 Å². The number of piperidine rings is 2. The Hall–Kier alpha value is -0.610. The summed E-state index contributed by atoms with van der Waals surface area (Å²) in [4.78, 5) is 14.1. The standard InChI is InChI=1S/C13H24N2O2/c1-2-17-9-3-8-15-12-6-7-14-10-11(12)4-5-13(15)16/h11-12,14H,2-10H2,1H3/t11-,12+/m1/s1. The van der Waals surface area contributed by atoms with Crippen LogP contribution in [0.15, 0.2) is 0 Å². The fraction of sp³-hybridized carbons (Fsp3) is 0.923. The number of amides is 1. The average molecular weight is 240 g/mol. The average Bonchev–Trinajstić information content (AvgIpc) is 2.37. The zero-order valence-electron chi connectivity index (χ0n) is 10.8. The molecule has 0 aromatic carbocycles. The minimum Gasteiger partial charge on any atom is -0.382 e. The number of nitrogens with zero attached hydrogens (tertiary/aromatic N) is 1. The molecule has 98 valence electrons. The van der Waals surface area contributed by atoms with Crippen molar-refractivity contribution in [2.45, 2.75) is 38.6 Å². The van der Waals surface area contributed by atoms with Gasteiger partial charge in [0.1, 0.15) is 0 Å². The number of fused-ring (bicyclic) bond motifs is 1. The Morgan fingerprint density at radius 3 is 3.18 bits per heavy atom. The quantitative estimate of drug-likeness (QED) is 0.729. The van der Waals surface area contributed by atoms with Crippen molar-refractivity contribution < 1.29 is 9.53 Å².